The second-order valence-electron chi connectivity index (χ2n) is 7.88. The molecule has 1 atom stereocenters. The van der Waals surface area contributed by atoms with Crippen molar-refractivity contribution in [1.29, 1.82) is 0 Å². The Kier molecular flexibility index (Phi) is 4.56. The summed E-state index contributed by atoms with van der Waals surface area (Å²) in [4.78, 5) is 31.4. The molecule has 1 aromatic heterocycles. The van der Waals surface area contributed by atoms with Crippen LogP contribution in [0.1, 0.15) is 37.9 Å². The first-order valence-electron chi connectivity index (χ1n) is 10.4. The van der Waals surface area contributed by atoms with Crippen LogP contribution in [0.4, 0.5) is 16.3 Å². The number of anilines is 2. The lowest BCUT2D eigenvalue weighted by Gasteiger charge is -2.24. The van der Waals surface area contributed by atoms with E-state index < -0.39 is 17.9 Å². The van der Waals surface area contributed by atoms with Crippen molar-refractivity contribution in [2.75, 3.05) is 10.2 Å². The molecule has 1 N–H and O–H groups in total. The van der Waals surface area contributed by atoms with Gasteiger partial charge in [0.15, 0.2) is 0 Å². The van der Waals surface area contributed by atoms with Crippen molar-refractivity contribution >= 4 is 41.0 Å². The van der Waals surface area contributed by atoms with Gasteiger partial charge in [0.25, 0.3) is 17.8 Å². The summed E-state index contributed by atoms with van der Waals surface area (Å²) >= 11 is 6.04. The number of halogens is 2. The van der Waals surface area contributed by atoms with Crippen LogP contribution in [0.2, 0.25) is 5.02 Å². The minimum absolute atomic E-state index is 0.0356. The third kappa shape index (κ3) is 3.19. The van der Waals surface area contributed by atoms with Gasteiger partial charge >= 0.3 is 0 Å². The summed E-state index contributed by atoms with van der Waals surface area (Å²) in [5.74, 6) is -1.01. The number of hydrogen-bond donors (Lipinski definition) is 1. The zero-order chi connectivity index (χ0) is 23.4. The molecule has 7 nitrogen and oxygen atoms in total. The van der Waals surface area contributed by atoms with Crippen molar-refractivity contribution in [3.05, 3.63) is 112 Å². The number of nitrogens with one attached hydrogen (secondary N) is 1. The van der Waals surface area contributed by atoms with E-state index in [0.29, 0.717) is 22.1 Å². The quantitative estimate of drug-likeness (QED) is 0.429. The van der Waals surface area contributed by atoms with E-state index in [2.05, 4.69) is 15.4 Å². The van der Waals surface area contributed by atoms with Crippen molar-refractivity contribution in [2.24, 2.45) is 0 Å². The van der Waals surface area contributed by atoms with Gasteiger partial charge in [-0.25, -0.2) is 14.0 Å². The van der Waals surface area contributed by atoms with E-state index >= 15 is 0 Å². The SMILES string of the molecule is O=C1c2ccccc2C(=O)N1c1nc2n(n1)[C@@H](c1ccc(F)cc1)C=C(c1ccc(Cl)cc1)N2. The first-order chi connectivity index (χ1) is 16.5. The fourth-order valence-electron chi connectivity index (χ4n) is 4.14. The molecular weight excluding hydrogens is 457 g/mol. The first-order valence-corrected chi connectivity index (χ1v) is 10.8. The number of rotatable bonds is 3. The Hall–Kier alpha value is -4.30. The Morgan fingerprint density at radius 3 is 2.18 bits per heavy atom. The van der Waals surface area contributed by atoms with E-state index in [1.165, 1.54) is 12.1 Å². The van der Waals surface area contributed by atoms with Gasteiger partial charge in [0.1, 0.15) is 11.9 Å². The van der Waals surface area contributed by atoms with Gasteiger partial charge in [-0.3, -0.25) is 9.59 Å². The topological polar surface area (TPSA) is 80.1 Å². The van der Waals surface area contributed by atoms with Crippen LogP contribution in [0, 0.1) is 5.82 Å². The van der Waals surface area contributed by atoms with Gasteiger partial charge in [0.05, 0.1) is 11.1 Å². The molecule has 0 radical (unpaired) electrons. The van der Waals surface area contributed by atoms with Crippen LogP contribution in [0.15, 0.2) is 78.9 Å². The second-order valence-corrected chi connectivity index (χ2v) is 8.32. The van der Waals surface area contributed by atoms with E-state index in [1.54, 1.807) is 53.2 Å². The van der Waals surface area contributed by atoms with Crippen LogP contribution in [0.3, 0.4) is 0 Å². The fourth-order valence-corrected chi connectivity index (χ4v) is 4.27. The Morgan fingerprint density at radius 1 is 0.882 bits per heavy atom. The van der Waals surface area contributed by atoms with Crippen molar-refractivity contribution in [3.8, 4) is 0 Å². The summed E-state index contributed by atoms with van der Waals surface area (Å²) in [6.07, 6.45) is 1.92. The summed E-state index contributed by atoms with van der Waals surface area (Å²) in [6, 6.07) is 19.5. The number of imide groups is 1. The standard InChI is InChI=1S/C25H15ClFN5O2/c26-16-9-5-14(6-10-16)20-13-21(15-7-11-17(27)12-8-15)32-24(28-20)29-25(30-32)31-22(33)18-3-1-2-4-19(18)23(31)34/h1-13,21H,(H,28,29,30)/t21-/m1/s1. The maximum absolute atomic E-state index is 13.6. The third-order valence-electron chi connectivity index (χ3n) is 5.82. The molecule has 0 saturated carbocycles. The Morgan fingerprint density at radius 2 is 1.53 bits per heavy atom. The molecule has 2 aliphatic heterocycles. The van der Waals surface area contributed by atoms with Gasteiger partial charge in [-0.05, 0) is 53.6 Å². The number of amides is 2. The number of carbonyl (C=O) groups is 2. The molecule has 3 aromatic carbocycles. The number of fused-ring (bicyclic) bond motifs is 2. The minimum atomic E-state index is -0.479. The van der Waals surface area contributed by atoms with Crippen LogP contribution in [-0.2, 0) is 0 Å². The van der Waals surface area contributed by atoms with Crippen molar-refractivity contribution in [1.82, 2.24) is 14.8 Å². The van der Waals surface area contributed by atoms with E-state index in [4.69, 9.17) is 11.6 Å². The Bertz CT molecular complexity index is 1460. The van der Waals surface area contributed by atoms with Crippen molar-refractivity contribution in [3.63, 3.8) is 0 Å². The lowest BCUT2D eigenvalue weighted by molar-refractivity contribution is 0.0923. The lowest BCUT2D eigenvalue weighted by atomic mass is 10.0. The van der Waals surface area contributed by atoms with E-state index in [0.717, 1.165) is 21.7 Å². The molecule has 6 rings (SSSR count). The highest BCUT2D eigenvalue weighted by molar-refractivity contribution is 6.33. The second kappa shape index (κ2) is 7.64. The van der Waals surface area contributed by atoms with Crippen molar-refractivity contribution < 1.29 is 14.0 Å². The Labute approximate surface area is 198 Å². The van der Waals surface area contributed by atoms with Crippen molar-refractivity contribution in [2.45, 2.75) is 6.04 Å². The van der Waals surface area contributed by atoms with Crippen LogP contribution >= 0.6 is 11.6 Å². The smallest absolute Gasteiger partial charge is 0.268 e. The first kappa shape index (κ1) is 20.3. The molecule has 0 aliphatic carbocycles. The molecule has 3 heterocycles. The van der Waals surface area contributed by atoms with E-state index in [9.17, 15) is 14.0 Å². The van der Waals surface area contributed by atoms with Crippen LogP contribution in [0.5, 0.6) is 0 Å². The minimum Gasteiger partial charge on any atom is -0.324 e. The molecule has 0 saturated heterocycles. The largest absolute Gasteiger partial charge is 0.324 e. The summed E-state index contributed by atoms with van der Waals surface area (Å²) in [5, 5.41) is 8.33. The van der Waals surface area contributed by atoms with Crippen LogP contribution in [0.25, 0.3) is 5.70 Å². The number of nitrogens with zero attached hydrogens (tertiary/aromatic N) is 4. The molecule has 4 aromatic rings. The molecular formula is C25H15ClFN5O2. The highest BCUT2D eigenvalue weighted by atomic mass is 35.5. The predicted molar refractivity (Wildman–Crippen MR) is 125 cm³/mol. The zero-order valence-electron chi connectivity index (χ0n) is 17.4. The lowest BCUT2D eigenvalue weighted by Crippen LogP contribution is -2.30. The highest BCUT2D eigenvalue weighted by Gasteiger charge is 2.40. The van der Waals surface area contributed by atoms with Gasteiger partial charge < -0.3 is 5.32 Å². The number of benzene rings is 3. The fraction of sp³-hybridized carbons (Fsp3) is 0.0400. The molecule has 0 spiro atoms. The maximum atomic E-state index is 13.6. The summed E-state index contributed by atoms with van der Waals surface area (Å²) < 4.78 is 15.2. The van der Waals surface area contributed by atoms with Gasteiger partial charge in [-0.2, -0.15) is 4.98 Å². The van der Waals surface area contributed by atoms with E-state index in [1.807, 2.05) is 18.2 Å². The van der Waals surface area contributed by atoms with Gasteiger partial charge in [0, 0.05) is 10.7 Å². The number of allylic oxidation sites excluding steroid dienone is 1. The predicted octanol–water partition coefficient (Wildman–Crippen LogP) is 4.93. The third-order valence-corrected chi connectivity index (χ3v) is 6.07. The zero-order valence-corrected chi connectivity index (χ0v) is 18.2. The number of aromatic nitrogens is 3. The van der Waals surface area contributed by atoms with Gasteiger partial charge in [-0.1, -0.05) is 48.0 Å². The molecule has 9 heteroatoms. The molecule has 0 bridgehead atoms. The van der Waals surface area contributed by atoms with Crippen LogP contribution < -0.4 is 10.2 Å². The molecule has 34 heavy (non-hydrogen) atoms. The molecule has 2 amide bonds. The molecule has 0 unspecified atom stereocenters. The Balaban J connectivity index is 1.45. The molecule has 0 fully saturated rings. The average molecular weight is 472 g/mol. The van der Waals surface area contributed by atoms with Gasteiger partial charge in [-0.15, -0.1) is 5.10 Å². The number of hydrogen-bond acceptors (Lipinski definition) is 5. The summed E-state index contributed by atoms with van der Waals surface area (Å²) in [6.45, 7) is 0. The normalized spacial score (nSPS) is 16.7. The maximum Gasteiger partial charge on any atom is 0.268 e. The van der Waals surface area contributed by atoms with Gasteiger partial charge in [0.2, 0.25) is 5.95 Å². The summed E-state index contributed by atoms with van der Waals surface area (Å²) in [7, 11) is 0. The highest BCUT2D eigenvalue weighted by Crippen LogP contribution is 2.35. The number of carbonyl (C=O) groups excluding carboxylic acids is 2. The molecule has 166 valence electrons. The molecule has 2 aliphatic rings. The van der Waals surface area contributed by atoms with E-state index in [-0.39, 0.29) is 11.8 Å². The summed E-state index contributed by atoms with van der Waals surface area (Å²) in [5.41, 5.74) is 2.97. The average Bonchev–Trinajstić information content (AvgIpc) is 3.38. The van der Waals surface area contributed by atoms with Crippen LogP contribution in [-0.4, -0.2) is 26.6 Å². The monoisotopic (exact) mass is 471 g/mol.